The molecule has 5 nitrogen and oxygen atoms in total. The first-order chi connectivity index (χ1) is 10.8. The van der Waals surface area contributed by atoms with E-state index >= 15 is 0 Å². The Balaban J connectivity index is 2.17. The number of nitrogens with zero attached hydrogens (tertiary/aromatic N) is 2. The van der Waals surface area contributed by atoms with Gasteiger partial charge in [-0.1, -0.05) is 0 Å². The first kappa shape index (κ1) is 17.5. The standard InChI is InChI=1S/C18H27N3O2/c1-6-21-13(3)12(2)16-9-14(7-8-17(16)21)18(23)19-10-15(22)11-20(4)5/h7-9,15,22H,6,10-11H2,1-5H3,(H,19,23). The molecule has 1 unspecified atom stereocenters. The molecular formula is C18H27N3O2. The van der Waals surface area contributed by atoms with Crippen LogP contribution in [0.5, 0.6) is 0 Å². The van der Waals surface area contributed by atoms with Crippen molar-refractivity contribution in [1.29, 1.82) is 0 Å². The molecule has 0 saturated heterocycles. The molecular weight excluding hydrogens is 290 g/mol. The van der Waals surface area contributed by atoms with Crippen molar-refractivity contribution in [3.8, 4) is 0 Å². The maximum Gasteiger partial charge on any atom is 0.251 e. The Morgan fingerprint density at radius 2 is 2.04 bits per heavy atom. The van der Waals surface area contributed by atoms with Crippen LogP contribution in [0, 0.1) is 13.8 Å². The van der Waals surface area contributed by atoms with Gasteiger partial charge in [-0.2, -0.15) is 0 Å². The van der Waals surface area contributed by atoms with E-state index in [9.17, 15) is 9.90 Å². The highest BCUT2D eigenvalue weighted by atomic mass is 16.3. The number of aliphatic hydroxyl groups is 1. The van der Waals surface area contributed by atoms with Gasteiger partial charge in [-0.15, -0.1) is 0 Å². The van der Waals surface area contributed by atoms with Gasteiger partial charge in [-0.05, 0) is 58.6 Å². The van der Waals surface area contributed by atoms with Crippen LogP contribution in [0.3, 0.4) is 0 Å². The molecule has 0 spiro atoms. The van der Waals surface area contributed by atoms with Crippen molar-refractivity contribution in [2.24, 2.45) is 0 Å². The third kappa shape index (κ3) is 3.74. The van der Waals surface area contributed by atoms with Crippen LogP contribution in [-0.2, 0) is 6.54 Å². The molecule has 23 heavy (non-hydrogen) atoms. The van der Waals surface area contributed by atoms with Gasteiger partial charge in [0.05, 0.1) is 6.10 Å². The summed E-state index contributed by atoms with van der Waals surface area (Å²) in [6.45, 7) is 8.01. The molecule has 0 aliphatic rings. The minimum atomic E-state index is -0.567. The summed E-state index contributed by atoms with van der Waals surface area (Å²) in [5, 5.41) is 13.8. The van der Waals surface area contributed by atoms with E-state index in [4.69, 9.17) is 0 Å². The number of nitrogens with one attached hydrogen (secondary N) is 1. The van der Waals surface area contributed by atoms with Gasteiger partial charge in [0.25, 0.3) is 5.91 Å². The van der Waals surface area contributed by atoms with E-state index in [1.165, 1.54) is 11.3 Å². The summed E-state index contributed by atoms with van der Waals surface area (Å²) in [5.74, 6) is -0.147. The van der Waals surface area contributed by atoms with Gasteiger partial charge in [0.2, 0.25) is 0 Å². The Kier molecular flexibility index (Phi) is 5.44. The largest absolute Gasteiger partial charge is 0.390 e. The van der Waals surface area contributed by atoms with E-state index in [1.807, 2.05) is 37.2 Å². The SMILES string of the molecule is CCn1c(C)c(C)c2cc(C(=O)NCC(O)CN(C)C)ccc21. The second-order valence-corrected chi connectivity index (χ2v) is 6.31. The van der Waals surface area contributed by atoms with Crippen molar-refractivity contribution >= 4 is 16.8 Å². The lowest BCUT2D eigenvalue weighted by atomic mass is 10.1. The number of aryl methyl sites for hydroxylation is 2. The van der Waals surface area contributed by atoms with E-state index in [0.717, 1.165) is 17.4 Å². The quantitative estimate of drug-likeness (QED) is 0.856. The summed E-state index contributed by atoms with van der Waals surface area (Å²) in [6.07, 6.45) is -0.567. The topological polar surface area (TPSA) is 57.5 Å². The molecule has 1 amide bonds. The molecule has 0 radical (unpaired) electrons. The highest BCUT2D eigenvalue weighted by Gasteiger charge is 2.14. The summed E-state index contributed by atoms with van der Waals surface area (Å²) in [5.41, 5.74) is 4.24. The van der Waals surface area contributed by atoms with Crippen LogP contribution < -0.4 is 5.32 Å². The van der Waals surface area contributed by atoms with Crippen LogP contribution in [0.15, 0.2) is 18.2 Å². The van der Waals surface area contributed by atoms with Gasteiger partial charge < -0.3 is 19.9 Å². The zero-order valence-corrected chi connectivity index (χ0v) is 14.7. The number of hydrogen-bond donors (Lipinski definition) is 2. The zero-order valence-electron chi connectivity index (χ0n) is 14.7. The molecule has 1 atom stereocenters. The molecule has 5 heteroatoms. The molecule has 0 aliphatic carbocycles. The van der Waals surface area contributed by atoms with E-state index in [0.29, 0.717) is 12.1 Å². The average molecular weight is 317 g/mol. The van der Waals surface area contributed by atoms with Crippen LogP contribution in [0.4, 0.5) is 0 Å². The van der Waals surface area contributed by atoms with Crippen LogP contribution >= 0.6 is 0 Å². The third-order valence-corrected chi connectivity index (χ3v) is 4.29. The minimum Gasteiger partial charge on any atom is -0.390 e. The summed E-state index contributed by atoms with van der Waals surface area (Å²) in [7, 11) is 3.78. The second-order valence-electron chi connectivity index (χ2n) is 6.31. The molecule has 2 aromatic rings. The van der Waals surface area contributed by atoms with E-state index < -0.39 is 6.10 Å². The number of aromatic nitrogens is 1. The van der Waals surface area contributed by atoms with Gasteiger partial charge in [-0.3, -0.25) is 4.79 Å². The maximum absolute atomic E-state index is 12.3. The highest BCUT2D eigenvalue weighted by molar-refractivity contribution is 5.99. The Morgan fingerprint density at radius 3 is 2.65 bits per heavy atom. The minimum absolute atomic E-state index is 0.147. The van der Waals surface area contributed by atoms with Crippen molar-refractivity contribution in [3.05, 3.63) is 35.0 Å². The number of aliphatic hydroxyl groups excluding tert-OH is 1. The monoisotopic (exact) mass is 317 g/mol. The zero-order chi connectivity index (χ0) is 17.1. The lowest BCUT2D eigenvalue weighted by Crippen LogP contribution is -2.37. The van der Waals surface area contributed by atoms with Crippen LogP contribution in [0.1, 0.15) is 28.5 Å². The Bertz CT molecular complexity index is 704. The van der Waals surface area contributed by atoms with Crippen LogP contribution in [0.2, 0.25) is 0 Å². The molecule has 1 aromatic heterocycles. The molecule has 0 bridgehead atoms. The van der Waals surface area contributed by atoms with Crippen molar-refractivity contribution < 1.29 is 9.90 Å². The predicted molar refractivity (Wildman–Crippen MR) is 94.0 cm³/mol. The third-order valence-electron chi connectivity index (χ3n) is 4.29. The lowest BCUT2D eigenvalue weighted by Gasteiger charge is -2.16. The smallest absolute Gasteiger partial charge is 0.251 e. The number of carbonyl (C=O) groups is 1. The fourth-order valence-corrected chi connectivity index (χ4v) is 3.00. The summed E-state index contributed by atoms with van der Waals surface area (Å²) >= 11 is 0. The number of benzene rings is 1. The van der Waals surface area contributed by atoms with E-state index in [-0.39, 0.29) is 12.5 Å². The highest BCUT2D eigenvalue weighted by Crippen LogP contribution is 2.26. The lowest BCUT2D eigenvalue weighted by molar-refractivity contribution is 0.0892. The Hall–Kier alpha value is -1.85. The number of likely N-dealkylation sites (N-methyl/N-ethyl adjacent to an activating group) is 1. The molecule has 0 fully saturated rings. The first-order valence-electron chi connectivity index (χ1n) is 8.05. The molecule has 2 rings (SSSR count). The van der Waals surface area contributed by atoms with Crippen molar-refractivity contribution in [2.45, 2.75) is 33.4 Å². The number of fused-ring (bicyclic) bond motifs is 1. The van der Waals surface area contributed by atoms with Crippen molar-refractivity contribution in [1.82, 2.24) is 14.8 Å². The molecule has 0 saturated carbocycles. The normalized spacial score (nSPS) is 12.8. The molecule has 1 aromatic carbocycles. The van der Waals surface area contributed by atoms with Gasteiger partial charge in [-0.25, -0.2) is 0 Å². The van der Waals surface area contributed by atoms with Gasteiger partial charge >= 0.3 is 0 Å². The molecule has 1 heterocycles. The number of hydrogen-bond acceptors (Lipinski definition) is 3. The first-order valence-corrected chi connectivity index (χ1v) is 8.05. The van der Waals surface area contributed by atoms with Gasteiger partial charge in [0, 0.05) is 41.8 Å². The predicted octanol–water partition coefficient (Wildman–Crippen LogP) is 1.93. The van der Waals surface area contributed by atoms with Gasteiger partial charge in [0.1, 0.15) is 0 Å². The number of amides is 1. The number of rotatable bonds is 6. The molecule has 0 aliphatic heterocycles. The number of carbonyl (C=O) groups excluding carboxylic acids is 1. The van der Waals surface area contributed by atoms with Crippen LogP contribution in [-0.4, -0.2) is 53.8 Å². The summed E-state index contributed by atoms with van der Waals surface area (Å²) in [4.78, 5) is 14.2. The molecule has 126 valence electrons. The second kappa shape index (κ2) is 7.15. The van der Waals surface area contributed by atoms with Gasteiger partial charge in [0.15, 0.2) is 0 Å². The Labute approximate surface area is 137 Å². The summed E-state index contributed by atoms with van der Waals surface area (Å²) in [6, 6.07) is 5.79. The van der Waals surface area contributed by atoms with Crippen LogP contribution in [0.25, 0.3) is 10.9 Å². The summed E-state index contributed by atoms with van der Waals surface area (Å²) < 4.78 is 2.26. The Morgan fingerprint density at radius 1 is 1.35 bits per heavy atom. The maximum atomic E-state index is 12.3. The van der Waals surface area contributed by atoms with Crippen molar-refractivity contribution in [2.75, 3.05) is 27.2 Å². The van der Waals surface area contributed by atoms with E-state index in [1.54, 1.807) is 0 Å². The molecule has 2 N–H and O–H groups in total. The fraction of sp³-hybridized carbons (Fsp3) is 0.500. The van der Waals surface area contributed by atoms with Crippen molar-refractivity contribution in [3.63, 3.8) is 0 Å². The van der Waals surface area contributed by atoms with E-state index in [2.05, 4.69) is 30.7 Å². The fourth-order valence-electron chi connectivity index (χ4n) is 3.00. The average Bonchev–Trinajstić information content (AvgIpc) is 2.75.